The molecule has 1 saturated heterocycles. The van der Waals surface area contributed by atoms with Crippen molar-refractivity contribution in [2.75, 3.05) is 11.9 Å². The zero-order valence-corrected chi connectivity index (χ0v) is 14.1. The van der Waals surface area contributed by atoms with Crippen LogP contribution in [0.2, 0.25) is 0 Å². The maximum Gasteiger partial charge on any atom is 0.322 e. The molecule has 1 aliphatic rings. The van der Waals surface area contributed by atoms with E-state index in [1.807, 2.05) is 0 Å². The molecule has 1 fully saturated rings. The number of aromatic nitrogens is 2. The fourth-order valence-corrected chi connectivity index (χ4v) is 4.77. The molecule has 6 nitrogen and oxygen atoms in total. The second-order valence-corrected chi connectivity index (χ2v) is 8.04. The van der Waals surface area contributed by atoms with Crippen molar-refractivity contribution in [3.8, 4) is 0 Å². The summed E-state index contributed by atoms with van der Waals surface area (Å²) >= 11 is 8.11. The Morgan fingerprint density at radius 2 is 2.35 bits per heavy atom. The van der Waals surface area contributed by atoms with Crippen molar-refractivity contribution in [3.63, 3.8) is 0 Å². The van der Waals surface area contributed by atoms with Crippen molar-refractivity contribution in [1.29, 1.82) is 0 Å². The number of nitrogens with one attached hydrogen (secondary N) is 2. The van der Waals surface area contributed by atoms with Crippen molar-refractivity contribution < 1.29 is 9.21 Å². The highest BCUT2D eigenvalue weighted by atomic mass is 79.9. The van der Waals surface area contributed by atoms with Crippen LogP contribution >= 0.6 is 43.2 Å². The Kier molecular flexibility index (Phi) is 4.20. The summed E-state index contributed by atoms with van der Waals surface area (Å²) in [6.45, 7) is 0.949. The third-order valence-electron chi connectivity index (χ3n) is 2.92. The smallest absolute Gasteiger partial charge is 0.322 e. The molecule has 1 unspecified atom stereocenters. The monoisotopic (exact) mass is 420 g/mol. The van der Waals surface area contributed by atoms with Crippen LogP contribution in [-0.2, 0) is 0 Å². The summed E-state index contributed by atoms with van der Waals surface area (Å²) in [5.74, 6) is 0.233. The minimum atomic E-state index is -0.284. The van der Waals surface area contributed by atoms with E-state index in [9.17, 15) is 4.79 Å². The first-order valence-corrected chi connectivity index (χ1v) is 8.36. The SMILES string of the molecule is O=C(Nc1nnc(C2CCCN2)o1)c1cc(Br)sc1Br. The van der Waals surface area contributed by atoms with Gasteiger partial charge < -0.3 is 9.73 Å². The number of hydrogen-bond donors (Lipinski definition) is 2. The molecule has 3 rings (SSSR count). The van der Waals surface area contributed by atoms with E-state index in [1.165, 1.54) is 11.3 Å². The lowest BCUT2D eigenvalue weighted by atomic mass is 10.2. The van der Waals surface area contributed by atoms with E-state index in [-0.39, 0.29) is 18.0 Å². The van der Waals surface area contributed by atoms with E-state index in [1.54, 1.807) is 6.07 Å². The Morgan fingerprint density at radius 1 is 1.50 bits per heavy atom. The minimum Gasteiger partial charge on any atom is -0.406 e. The summed E-state index contributed by atoms with van der Waals surface area (Å²) in [4.78, 5) is 12.1. The Bertz CT molecular complexity index is 636. The highest BCUT2D eigenvalue weighted by molar-refractivity contribution is 9.12. The molecule has 0 bridgehead atoms. The molecule has 0 spiro atoms. The number of rotatable bonds is 3. The molecule has 2 N–H and O–H groups in total. The molecule has 106 valence electrons. The first-order valence-electron chi connectivity index (χ1n) is 5.96. The standard InChI is InChI=1S/C11H10Br2N4O2S/c12-7-4-5(8(13)20-7)9(18)15-11-17-16-10(19-11)6-2-1-3-14-6/h4,6,14H,1-3H2,(H,15,17,18). The summed E-state index contributed by atoms with van der Waals surface area (Å²) in [6, 6.07) is 1.95. The predicted molar refractivity (Wildman–Crippen MR) is 81.9 cm³/mol. The summed E-state index contributed by atoms with van der Waals surface area (Å²) in [7, 11) is 0. The number of nitrogens with zero attached hydrogens (tertiary/aromatic N) is 2. The van der Waals surface area contributed by atoms with Gasteiger partial charge in [-0.05, 0) is 57.3 Å². The quantitative estimate of drug-likeness (QED) is 0.794. The van der Waals surface area contributed by atoms with Crippen molar-refractivity contribution in [1.82, 2.24) is 15.5 Å². The van der Waals surface area contributed by atoms with Gasteiger partial charge in [0.15, 0.2) is 0 Å². The van der Waals surface area contributed by atoms with Crippen LogP contribution in [0.15, 0.2) is 18.1 Å². The number of thiophene rings is 1. The highest BCUT2D eigenvalue weighted by Crippen LogP contribution is 2.32. The van der Waals surface area contributed by atoms with E-state index >= 15 is 0 Å². The molecular formula is C11H10Br2N4O2S. The van der Waals surface area contributed by atoms with Crippen LogP contribution < -0.4 is 10.6 Å². The van der Waals surface area contributed by atoms with E-state index in [2.05, 4.69) is 52.7 Å². The van der Waals surface area contributed by atoms with Gasteiger partial charge in [0.2, 0.25) is 5.89 Å². The van der Waals surface area contributed by atoms with E-state index in [0.29, 0.717) is 11.5 Å². The zero-order valence-electron chi connectivity index (χ0n) is 10.2. The van der Waals surface area contributed by atoms with Gasteiger partial charge in [0.25, 0.3) is 5.91 Å². The first kappa shape index (κ1) is 14.2. The average Bonchev–Trinajstić information content (AvgIpc) is 3.09. The fourth-order valence-electron chi connectivity index (χ4n) is 1.98. The molecule has 1 amide bonds. The molecule has 9 heteroatoms. The van der Waals surface area contributed by atoms with Crippen LogP contribution in [-0.4, -0.2) is 22.6 Å². The van der Waals surface area contributed by atoms with Crippen molar-refractivity contribution in [2.45, 2.75) is 18.9 Å². The van der Waals surface area contributed by atoms with Gasteiger partial charge in [0.05, 0.1) is 19.2 Å². The van der Waals surface area contributed by atoms with Crippen LogP contribution in [0.3, 0.4) is 0 Å². The molecule has 1 aliphatic heterocycles. The van der Waals surface area contributed by atoms with E-state index in [0.717, 1.165) is 27.0 Å². The van der Waals surface area contributed by atoms with Crippen molar-refractivity contribution in [3.05, 3.63) is 25.1 Å². The van der Waals surface area contributed by atoms with Gasteiger partial charge in [-0.3, -0.25) is 10.1 Å². The lowest BCUT2D eigenvalue weighted by Gasteiger charge is -2.02. The number of carbonyl (C=O) groups is 1. The van der Waals surface area contributed by atoms with Crippen molar-refractivity contribution in [2.24, 2.45) is 0 Å². The first-order chi connectivity index (χ1) is 9.63. The van der Waals surface area contributed by atoms with Crippen molar-refractivity contribution >= 4 is 55.1 Å². The van der Waals surface area contributed by atoms with Crippen LogP contribution in [0, 0.1) is 0 Å². The second-order valence-electron chi connectivity index (χ2n) is 4.29. The van der Waals surface area contributed by atoms with Gasteiger partial charge in [-0.1, -0.05) is 5.10 Å². The molecule has 2 aromatic rings. The lowest BCUT2D eigenvalue weighted by molar-refractivity contribution is 0.102. The van der Waals surface area contributed by atoms with Gasteiger partial charge >= 0.3 is 6.01 Å². The number of amides is 1. The number of halogens is 2. The highest BCUT2D eigenvalue weighted by Gasteiger charge is 2.23. The number of hydrogen-bond acceptors (Lipinski definition) is 6. The molecule has 3 heterocycles. The predicted octanol–water partition coefficient (Wildman–Crippen LogP) is 3.33. The second kappa shape index (κ2) is 5.92. The maximum atomic E-state index is 12.1. The van der Waals surface area contributed by atoms with Gasteiger partial charge in [0.1, 0.15) is 0 Å². The maximum absolute atomic E-state index is 12.1. The third kappa shape index (κ3) is 2.95. The number of anilines is 1. The third-order valence-corrected chi connectivity index (χ3v) is 5.26. The topological polar surface area (TPSA) is 80.0 Å². The number of carbonyl (C=O) groups excluding carboxylic acids is 1. The van der Waals surface area contributed by atoms with Crippen LogP contribution in [0.25, 0.3) is 0 Å². The summed E-state index contributed by atoms with van der Waals surface area (Å²) in [6.07, 6.45) is 2.06. The Morgan fingerprint density at radius 3 is 3.00 bits per heavy atom. The average molecular weight is 422 g/mol. The van der Waals surface area contributed by atoms with Gasteiger partial charge in [-0.2, -0.15) is 0 Å². The van der Waals surface area contributed by atoms with Crippen LogP contribution in [0.4, 0.5) is 6.01 Å². The Labute approximate surface area is 135 Å². The molecule has 0 aromatic carbocycles. The van der Waals surface area contributed by atoms with Gasteiger partial charge in [-0.15, -0.1) is 16.4 Å². The normalized spacial score (nSPS) is 18.4. The molecule has 1 atom stereocenters. The lowest BCUT2D eigenvalue weighted by Crippen LogP contribution is -2.13. The van der Waals surface area contributed by atoms with E-state index < -0.39 is 0 Å². The Balaban J connectivity index is 1.71. The van der Waals surface area contributed by atoms with Crippen LogP contribution in [0.1, 0.15) is 35.1 Å². The summed E-state index contributed by atoms with van der Waals surface area (Å²) in [5.41, 5.74) is 0.528. The summed E-state index contributed by atoms with van der Waals surface area (Å²) in [5, 5.41) is 13.7. The Hall–Kier alpha value is -0.770. The van der Waals surface area contributed by atoms with Gasteiger partial charge in [0, 0.05) is 0 Å². The minimum absolute atomic E-state index is 0.0928. The summed E-state index contributed by atoms with van der Waals surface area (Å²) < 4.78 is 7.09. The fraction of sp³-hybridized carbons (Fsp3) is 0.364. The van der Waals surface area contributed by atoms with Crippen LogP contribution in [0.5, 0.6) is 0 Å². The molecular weight excluding hydrogens is 412 g/mol. The molecule has 0 radical (unpaired) electrons. The largest absolute Gasteiger partial charge is 0.406 e. The molecule has 2 aromatic heterocycles. The zero-order chi connectivity index (χ0) is 14.1. The molecule has 20 heavy (non-hydrogen) atoms. The molecule has 0 saturated carbocycles. The van der Waals surface area contributed by atoms with E-state index in [4.69, 9.17) is 4.42 Å². The van der Waals surface area contributed by atoms with Gasteiger partial charge in [-0.25, -0.2) is 0 Å². The molecule has 0 aliphatic carbocycles.